The number of carboxylic acid groups (broad SMARTS) is 4. The monoisotopic (exact) mass is 2060 g/mol. The summed E-state index contributed by atoms with van der Waals surface area (Å²) in [6, 6.07) is -8.17. The molecule has 24 N–H and O–H groups in total. The molecule has 0 radical (unpaired) electrons. The van der Waals surface area contributed by atoms with E-state index < -0.39 is 218 Å². The van der Waals surface area contributed by atoms with Crippen molar-refractivity contribution >= 4 is 142 Å². The number of fused-ring (bicyclic) bond motifs is 1. The highest BCUT2D eigenvalue weighted by Gasteiger charge is 2.46. The quantitative estimate of drug-likeness (QED) is 0.0243. The minimum Gasteiger partial charge on any atom is -0.481 e. The molecule has 3 saturated heterocycles. The second kappa shape index (κ2) is 67.4. The highest BCUT2D eigenvalue weighted by Crippen LogP contribution is 2.29. The van der Waals surface area contributed by atoms with E-state index >= 15 is 19.2 Å². The van der Waals surface area contributed by atoms with Gasteiger partial charge in [-0.05, 0) is 127 Å². The Bertz CT molecular complexity index is 4840. The summed E-state index contributed by atoms with van der Waals surface area (Å²) in [6.07, 6.45) is 23.0. The van der Waals surface area contributed by atoms with Gasteiger partial charge in [-0.1, -0.05) is 107 Å². The van der Waals surface area contributed by atoms with Crippen LogP contribution < -0.4 is 85.9 Å². The first-order valence-electron chi connectivity index (χ1n) is 51.5. The van der Waals surface area contributed by atoms with Gasteiger partial charge in [0.1, 0.15) is 61.0 Å². The molecule has 5 aliphatic rings. The fraction of sp³-hybridized carbons (Fsp3) is 0.657. The van der Waals surface area contributed by atoms with Crippen LogP contribution in [0.15, 0.2) is 64.0 Å². The maximum atomic E-state index is 15.6. The lowest BCUT2D eigenvalue weighted by atomic mass is 10.0. The number of benzene rings is 1. The van der Waals surface area contributed by atoms with Gasteiger partial charge in [-0.15, -0.1) is 0 Å². The fourth-order valence-electron chi connectivity index (χ4n) is 18.0. The fourth-order valence-corrected chi connectivity index (χ4v) is 18.0. The van der Waals surface area contributed by atoms with E-state index in [2.05, 4.69) is 89.4 Å². The van der Waals surface area contributed by atoms with Crippen molar-refractivity contribution in [3.63, 3.8) is 0 Å². The summed E-state index contributed by atoms with van der Waals surface area (Å²) >= 11 is 0. The van der Waals surface area contributed by atoms with Crippen molar-refractivity contribution in [2.75, 3.05) is 98.4 Å². The van der Waals surface area contributed by atoms with Crippen LogP contribution >= 0.6 is 0 Å². The highest BCUT2D eigenvalue weighted by atomic mass is 16.5. The van der Waals surface area contributed by atoms with Crippen molar-refractivity contribution in [3.05, 3.63) is 59.6 Å². The molecule has 3 fully saturated rings. The summed E-state index contributed by atoms with van der Waals surface area (Å²) in [5, 5.41) is 84.4. The van der Waals surface area contributed by atoms with Gasteiger partial charge >= 0.3 is 23.9 Å². The summed E-state index contributed by atoms with van der Waals surface area (Å²) in [5.74, 6) is -16.5. The second-order valence-corrected chi connectivity index (χ2v) is 37.6. The molecule has 15 amide bonds. The molecule has 2 aromatic rings. The van der Waals surface area contributed by atoms with Crippen molar-refractivity contribution in [2.24, 2.45) is 21.5 Å². The highest BCUT2D eigenvalue weighted by molar-refractivity contribution is 6.01. The van der Waals surface area contributed by atoms with E-state index in [0.29, 0.717) is 66.5 Å². The third kappa shape index (κ3) is 47.3. The normalized spacial score (nSPS) is 19.4. The Hall–Kier alpha value is -13.4. The average Bonchev–Trinajstić information content (AvgIpc) is 1.68. The number of hydrogen-bond acceptors (Lipinski definition) is 26. The Labute approximate surface area is 855 Å². The smallest absolute Gasteiger partial charge is 0.317 e. The van der Waals surface area contributed by atoms with Crippen LogP contribution in [0.1, 0.15) is 250 Å². The predicted octanol–water partition coefficient (Wildman–Crippen LogP) is 0.479. The van der Waals surface area contributed by atoms with Crippen molar-refractivity contribution in [1.29, 1.82) is 5.41 Å². The van der Waals surface area contributed by atoms with Crippen LogP contribution in [0.3, 0.4) is 0 Å². The lowest BCUT2D eigenvalue weighted by molar-refractivity contribution is -0.148. The number of hydrogen-bond donors (Lipinski definition) is 22. The lowest BCUT2D eigenvalue weighted by Gasteiger charge is -2.33. The number of nitrogens with zero attached hydrogens (tertiary/aromatic N) is 5. The van der Waals surface area contributed by atoms with Crippen LogP contribution in [0.25, 0.3) is 10.9 Å². The molecule has 11 atom stereocenters. The molecule has 0 unspecified atom stereocenters. The first-order chi connectivity index (χ1) is 70.6. The number of aliphatic carboxylic acids is 4. The van der Waals surface area contributed by atoms with Gasteiger partial charge in [0, 0.05) is 151 Å². The number of carboxylic acids is 4. The first kappa shape index (κ1) is 121. The summed E-state index contributed by atoms with van der Waals surface area (Å²) < 4.78 is 11.0. The minimum atomic E-state index is -1.79. The number of guanidine groups is 1. The van der Waals surface area contributed by atoms with E-state index in [1.165, 1.54) is 53.7 Å². The summed E-state index contributed by atoms with van der Waals surface area (Å²) in [7, 11) is 0. The molecule has 0 spiro atoms. The number of unbranched alkanes of at least 4 members (excludes halogenated alkanes) is 14. The first-order valence-corrected chi connectivity index (χ1v) is 51.5. The number of primary amides is 1. The zero-order chi connectivity index (χ0) is 107. The Kier molecular flexibility index (Phi) is 55.3. The SMILES string of the molecule is CC(=O)N[C@H]1CCCCNC(=O)C[C@@H](C(=O)N2CCC[C@H]2C(=O)N2CCC[C@H]2C(=O)N[C@@H](CC2=CCC=N2)C(=O)N[C@@H](CCC(=O)O)C(=O)N[C@@H](CCCCN(CC(=O)O)CC(=O)O)CN[C@@H](CCCCNC(=O)COCCOCCNC(=O)CCCCCCCCCCCCCCCC(=O)O)C(N)=O)NC(=O)[C@H](Cc2c[nH]c3ccccc23)NC(=O)[C@H](CCCNC(=N)N)NC(=O)CNC(=O)[C@H](CC2=CCC=N2)NC1=O. The van der Waals surface area contributed by atoms with Gasteiger partial charge < -0.3 is 131 Å². The standard InChI is InChI=1S/C99H153N23O25/c1-64(123)112-72-34-18-21-42-105-82(125)57-78(119-94(141)75(54-65-58-109-70-32-16-15-31-69(65)70)116-93(140)73(35-25-46-108-99(101)102)114-83(126)60-111-90(137)76(117-92(72)139)55-66-29-23-44-103-66)97(144)122-50-27-37-80(122)98(145)121-49-26-36-79(121)96(143)118-77(56-67-30-24-45-104-67)95(142)115-74(40-41-86(130)131)91(138)113-68(28-19-22-48-120(61-87(132)133)62-88(134)135)59-110-71(89(100)136)33-17-20-43-106-84(127)63-147-53-52-146-51-47-107-81(124)38-13-11-9-7-5-3-2-4-6-8-10-12-14-39-85(128)129/h15-16,29-32,44-45,58,68,71-80,109-110H,2-14,17-28,33-43,46-57,59-63H2,1H3,(H2,100,136)(H,105,125)(H,106,127)(H,107,124)(H,111,137)(H,112,123)(H,113,138)(H,114,126)(H,115,142)(H,116,140)(H,117,139)(H,118,143)(H,119,141)(H,128,129)(H,130,131)(H,132,133)(H,134,135)(H4,101,102,108)/t68-,71-,72-,73-,74-,75-,76-,77-,78-,79-,80-/m0/s1. The van der Waals surface area contributed by atoms with Crippen molar-refractivity contribution in [3.8, 4) is 0 Å². The number of para-hydroxylation sites is 1. The van der Waals surface area contributed by atoms with E-state index in [9.17, 15) is 87.2 Å². The van der Waals surface area contributed by atoms with Gasteiger partial charge in [0.2, 0.25) is 88.6 Å². The molecule has 814 valence electrons. The van der Waals surface area contributed by atoms with E-state index in [0.717, 1.165) is 51.4 Å². The van der Waals surface area contributed by atoms with Crippen LogP contribution in [0, 0.1) is 5.41 Å². The predicted molar refractivity (Wildman–Crippen MR) is 540 cm³/mol. The number of amides is 15. The molecule has 7 rings (SSSR count). The summed E-state index contributed by atoms with van der Waals surface area (Å²) in [5.41, 5.74) is 13.4. The Balaban J connectivity index is 1.00. The number of rotatable bonds is 64. The Morgan fingerprint density at radius 2 is 1.14 bits per heavy atom. The van der Waals surface area contributed by atoms with E-state index in [4.69, 9.17) is 31.5 Å². The number of carbonyl (C=O) groups is 19. The van der Waals surface area contributed by atoms with E-state index in [1.807, 2.05) is 0 Å². The maximum absolute atomic E-state index is 15.6. The number of nitrogens with one attached hydrogen (secondary N) is 16. The lowest BCUT2D eigenvalue weighted by Crippen LogP contribution is -2.60. The largest absolute Gasteiger partial charge is 0.481 e. The minimum absolute atomic E-state index is 0.00587. The number of aromatic nitrogens is 1. The number of likely N-dealkylation sites (tertiary alicyclic amines) is 2. The third-order valence-corrected chi connectivity index (χ3v) is 25.7. The number of aromatic amines is 1. The van der Waals surface area contributed by atoms with E-state index in [1.54, 1.807) is 55.0 Å². The van der Waals surface area contributed by atoms with Crippen LogP contribution in [-0.4, -0.2) is 336 Å². The zero-order valence-corrected chi connectivity index (χ0v) is 84.3. The number of nitrogens with two attached hydrogens (primary N) is 2. The second-order valence-electron chi connectivity index (χ2n) is 37.6. The third-order valence-electron chi connectivity index (χ3n) is 25.7. The molecule has 0 saturated carbocycles. The summed E-state index contributed by atoms with van der Waals surface area (Å²) in [4.78, 5) is 275. The molecule has 1 aromatic carbocycles. The van der Waals surface area contributed by atoms with Gasteiger partial charge in [-0.2, -0.15) is 0 Å². The molecule has 48 heteroatoms. The Morgan fingerprint density at radius 3 is 1.80 bits per heavy atom. The van der Waals surface area contributed by atoms with Gasteiger partial charge in [0.25, 0.3) is 0 Å². The molecule has 147 heavy (non-hydrogen) atoms. The van der Waals surface area contributed by atoms with Crippen LogP contribution in [0.4, 0.5) is 0 Å². The Morgan fingerprint density at radius 1 is 0.537 bits per heavy atom. The molecular formula is C99H153N23O25. The van der Waals surface area contributed by atoms with Crippen LogP contribution in [0.2, 0.25) is 0 Å². The van der Waals surface area contributed by atoms with Gasteiger partial charge in [-0.25, -0.2) is 0 Å². The molecule has 5 aliphatic heterocycles. The van der Waals surface area contributed by atoms with Crippen LogP contribution in [-0.2, 0) is 107 Å². The van der Waals surface area contributed by atoms with Crippen molar-refractivity contribution in [2.45, 2.75) is 317 Å². The molecule has 0 aliphatic carbocycles. The topological polar surface area (TPSA) is 718 Å². The number of allylic oxidation sites excluding steroid dienone is 2. The van der Waals surface area contributed by atoms with Gasteiger partial charge in [0.15, 0.2) is 5.96 Å². The zero-order valence-electron chi connectivity index (χ0n) is 84.3. The van der Waals surface area contributed by atoms with Crippen LogP contribution in [0.5, 0.6) is 0 Å². The van der Waals surface area contributed by atoms with Gasteiger partial charge in [-0.3, -0.25) is 111 Å². The molecule has 0 bridgehead atoms. The number of H-pyrrole nitrogens is 1. The van der Waals surface area contributed by atoms with E-state index in [-0.39, 0.29) is 187 Å². The van der Waals surface area contributed by atoms with Crippen molar-refractivity contribution < 1.29 is 121 Å². The average molecular weight is 2070 g/mol. The molecular weight excluding hydrogens is 1910 g/mol. The molecule has 48 nitrogen and oxygen atoms in total. The summed E-state index contributed by atoms with van der Waals surface area (Å²) in [6.45, 7) is -0.337. The number of carbonyl (C=O) groups excluding carboxylic acids is 15. The molecule has 1 aromatic heterocycles. The maximum Gasteiger partial charge on any atom is 0.317 e. The van der Waals surface area contributed by atoms with Crippen molar-refractivity contribution in [1.82, 2.24) is 94.1 Å². The molecule has 6 heterocycles. The number of ether oxygens (including phenoxy) is 2. The van der Waals surface area contributed by atoms with Gasteiger partial charge in [0.05, 0.1) is 51.9 Å². The number of aliphatic imine (C=N–C) groups is 2.